The summed E-state index contributed by atoms with van der Waals surface area (Å²) in [5.41, 5.74) is -1.42. The SMILES string of the molecule is COC1CNCC1C(=O)N(C)CCN1CC[C@H](Nc2nc(C)cc(C(F)(F)F)c2C#N)C(=O)N(C)c2cccc(F)c21. The molecule has 0 bridgehead atoms. The number of hydrogen-bond donors (Lipinski definition) is 2. The van der Waals surface area contributed by atoms with Crippen LogP contribution in [-0.4, -0.2) is 87.8 Å². The fourth-order valence-corrected chi connectivity index (χ4v) is 5.41. The number of carbonyl (C=O) groups is 2. The number of aromatic nitrogens is 1. The summed E-state index contributed by atoms with van der Waals surface area (Å²) in [6, 6.07) is 5.57. The molecular formula is C28H33F4N7O3. The molecule has 10 nitrogen and oxygen atoms in total. The average molecular weight is 592 g/mol. The number of hydrogen-bond acceptors (Lipinski definition) is 8. The lowest BCUT2D eigenvalue weighted by atomic mass is 10.0. The van der Waals surface area contributed by atoms with Crippen LogP contribution in [0.3, 0.4) is 0 Å². The first-order chi connectivity index (χ1) is 19.9. The van der Waals surface area contributed by atoms with Crippen LogP contribution in [0.5, 0.6) is 0 Å². The van der Waals surface area contributed by atoms with Gasteiger partial charge in [0.1, 0.15) is 29.3 Å². The predicted molar refractivity (Wildman–Crippen MR) is 148 cm³/mol. The van der Waals surface area contributed by atoms with Gasteiger partial charge in [-0.3, -0.25) is 9.59 Å². The lowest BCUT2D eigenvalue weighted by Crippen LogP contribution is -2.48. The summed E-state index contributed by atoms with van der Waals surface area (Å²) < 4.78 is 61.7. The van der Waals surface area contributed by atoms with Gasteiger partial charge in [-0.1, -0.05) is 6.07 Å². The number of alkyl halides is 3. The van der Waals surface area contributed by atoms with E-state index in [9.17, 15) is 28.0 Å². The Bertz CT molecular complexity index is 1380. The third-order valence-electron chi connectivity index (χ3n) is 7.70. The van der Waals surface area contributed by atoms with Gasteiger partial charge in [-0.05, 0) is 31.5 Å². The Hall–Kier alpha value is -3.96. The minimum Gasteiger partial charge on any atom is -0.379 e. The maximum absolute atomic E-state index is 15.3. The van der Waals surface area contributed by atoms with E-state index in [2.05, 4.69) is 15.6 Å². The van der Waals surface area contributed by atoms with Crippen LogP contribution in [0.2, 0.25) is 0 Å². The molecule has 0 aliphatic carbocycles. The number of ether oxygens (including phenoxy) is 1. The number of methoxy groups -OCH3 is 1. The highest BCUT2D eigenvalue weighted by atomic mass is 19.4. The molecule has 2 unspecified atom stereocenters. The number of nitrogens with zero attached hydrogens (tertiary/aromatic N) is 5. The van der Waals surface area contributed by atoms with E-state index >= 15 is 4.39 Å². The molecule has 14 heteroatoms. The summed E-state index contributed by atoms with van der Waals surface area (Å²) in [7, 11) is 4.66. The minimum atomic E-state index is -4.80. The smallest absolute Gasteiger partial charge is 0.379 e. The van der Waals surface area contributed by atoms with Crippen LogP contribution in [0.25, 0.3) is 0 Å². The number of fused-ring (bicyclic) bond motifs is 1. The number of nitrogens with one attached hydrogen (secondary N) is 2. The molecule has 3 atom stereocenters. The van der Waals surface area contributed by atoms with Gasteiger partial charge in [0.05, 0.1) is 29.0 Å². The molecule has 2 aliphatic rings. The van der Waals surface area contributed by atoms with Crippen molar-refractivity contribution in [1.82, 2.24) is 15.2 Å². The van der Waals surface area contributed by atoms with Gasteiger partial charge in [0.15, 0.2) is 0 Å². The molecule has 42 heavy (non-hydrogen) atoms. The van der Waals surface area contributed by atoms with Gasteiger partial charge in [0.25, 0.3) is 0 Å². The summed E-state index contributed by atoms with van der Waals surface area (Å²) in [4.78, 5) is 35.2. The molecule has 1 aromatic heterocycles. The predicted octanol–water partition coefficient (Wildman–Crippen LogP) is 2.77. The molecule has 4 rings (SSSR count). The van der Waals surface area contributed by atoms with Crippen LogP contribution in [0.4, 0.5) is 34.8 Å². The van der Waals surface area contributed by atoms with E-state index in [0.717, 1.165) is 6.07 Å². The van der Waals surface area contributed by atoms with Crippen molar-refractivity contribution >= 4 is 29.0 Å². The van der Waals surface area contributed by atoms with Crippen molar-refractivity contribution in [2.24, 2.45) is 5.92 Å². The Kier molecular flexibility index (Phi) is 9.22. The molecule has 0 radical (unpaired) electrons. The molecule has 226 valence electrons. The molecule has 2 amide bonds. The van der Waals surface area contributed by atoms with Crippen molar-refractivity contribution in [2.45, 2.75) is 31.7 Å². The van der Waals surface area contributed by atoms with Crippen LogP contribution in [0.1, 0.15) is 23.2 Å². The van der Waals surface area contributed by atoms with Gasteiger partial charge in [-0.2, -0.15) is 18.4 Å². The second-order valence-electron chi connectivity index (χ2n) is 10.4. The summed E-state index contributed by atoms with van der Waals surface area (Å²) in [5.74, 6) is -1.92. The third kappa shape index (κ3) is 6.27. The largest absolute Gasteiger partial charge is 0.417 e. The van der Waals surface area contributed by atoms with Crippen molar-refractivity contribution in [3.8, 4) is 6.07 Å². The highest BCUT2D eigenvalue weighted by Crippen LogP contribution is 2.37. The van der Waals surface area contributed by atoms with Gasteiger partial charge >= 0.3 is 6.18 Å². The Morgan fingerprint density at radius 1 is 1.33 bits per heavy atom. The van der Waals surface area contributed by atoms with Gasteiger partial charge < -0.3 is 30.1 Å². The van der Waals surface area contributed by atoms with Crippen molar-refractivity contribution in [3.63, 3.8) is 0 Å². The van der Waals surface area contributed by atoms with E-state index < -0.39 is 35.1 Å². The maximum Gasteiger partial charge on any atom is 0.417 e. The quantitative estimate of drug-likeness (QED) is 0.473. The highest BCUT2D eigenvalue weighted by Gasteiger charge is 2.38. The second kappa shape index (κ2) is 12.5. The zero-order valence-electron chi connectivity index (χ0n) is 23.8. The molecule has 2 N–H and O–H groups in total. The lowest BCUT2D eigenvalue weighted by Gasteiger charge is -2.37. The van der Waals surface area contributed by atoms with Gasteiger partial charge in [-0.25, -0.2) is 9.37 Å². The Labute approximate surface area is 241 Å². The number of nitriles is 1. The van der Waals surface area contributed by atoms with Crippen LogP contribution >= 0.6 is 0 Å². The molecule has 0 spiro atoms. The van der Waals surface area contributed by atoms with E-state index in [0.29, 0.717) is 13.1 Å². The van der Waals surface area contributed by atoms with Crippen molar-refractivity contribution in [2.75, 3.05) is 69.0 Å². The van der Waals surface area contributed by atoms with Crippen molar-refractivity contribution in [3.05, 3.63) is 46.9 Å². The highest BCUT2D eigenvalue weighted by molar-refractivity contribution is 6.01. The first kappa shape index (κ1) is 31.0. The number of anilines is 3. The number of amides is 2. The molecule has 3 heterocycles. The molecular weight excluding hydrogens is 558 g/mol. The molecule has 2 aliphatic heterocycles. The Balaban J connectivity index is 1.61. The van der Waals surface area contributed by atoms with Gasteiger partial charge in [-0.15, -0.1) is 0 Å². The molecule has 1 saturated heterocycles. The number of rotatable bonds is 7. The summed E-state index contributed by atoms with van der Waals surface area (Å²) in [6.07, 6.45) is -5.00. The Morgan fingerprint density at radius 3 is 2.74 bits per heavy atom. The van der Waals surface area contributed by atoms with E-state index in [1.165, 1.54) is 31.0 Å². The van der Waals surface area contributed by atoms with Crippen LogP contribution in [0.15, 0.2) is 24.3 Å². The summed E-state index contributed by atoms with van der Waals surface area (Å²) in [6.45, 7) is 2.99. The zero-order valence-corrected chi connectivity index (χ0v) is 23.8. The lowest BCUT2D eigenvalue weighted by molar-refractivity contribution is -0.138. The molecule has 2 aromatic rings. The maximum atomic E-state index is 15.3. The van der Waals surface area contributed by atoms with Gasteiger partial charge in [0.2, 0.25) is 11.8 Å². The first-order valence-electron chi connectivity index (χ1n) is 13.4. The molecule has 1 aromatic carbocycles. The van der Waals surface area contributed by atoms with Gasteiger partial charge in [0, 0.05) is 59.6 Å². The number of halogens is 4. The fraction of sp³-hybridized carbons (Fsp3) is 0.500. The van der Waals surface area contributed by atoms with Crippen LogP contribution in [-0.2, 0) is 20.5 Å². The molecule has 1 fully saturated rings. The van der Waals surface area contributed by atoms with Crippen LogP contribution < -0.4 is 20.4 Å². The normalized spacial score (nSPS) is 20.9. The van der Waals surface area contributed by atoms with Crippen LogP contribution in [0, 0.1) is 30.0 Å². The number of aryl methyl sites for hydroxylation is 1. The van der Waals surface area contributed by atoms with E-state index in [-0.39, 0.29) is 66.9 Å². The first-order valence-corrected chi connectivity index (χ1v) is 13.4. The number of benzene rings is 1. The van der Waals surface area contributed by atoms with E-state index in [4.69, 9.17) is 4.74 Å². The Morgan fingerprint density at radius 2 is 2.07 bits per heavy atom. The number of likely N-dealkylation sites (N-methyl/N-ethyl adjacent to an activating group) is 2. The summed E-state index contributed by atoms with van der Waals surface area (Å²) in [5, 5.41) is 15.5. The van der Waals surface area contributed by atoms with E-state index in [1.54, 1.807) is 36.1 Å². The number of pyridine rings is 1. The average Bonchev–Trinajstić information content (AvgIpc) is 3.43. The minimum absolute atomic E-state index is 0.0189. The summed E-state index contributed by atoms with van der Waals surface area (Å²) >= 11 is 0. The topological polar surface area (TPSA) is 114 Å². The zero-order chi connectivity index (χ0) is 30.8. The van der Waals surface area contributed by atoms with Crippen molar-refractivity contribution in [1.29, 1.82) is 5.26 Å². The second-order valence-corrected chi connectivity index (χ2v) is 10.4. The fourth-order valence-electron chi connectivity index (χ4n) is 5.41. The van der Waals surface area contributed by atoms with E-state index in [1.807, 2.05) is 0 Å². The van der Waals surface area contributed by atoms with Crippen molar-refractivity contribution < 1.29 is 31.9 Å². The number of carbonyl (C=O) groups excluding carboxylic acids is 2. The monoisotopic (exact) mass is 591 g/mol. The number of para-hydroxylation sites is 1. The standard InChI is InChI=1S/C28H33F4N7O3/c1-16-12-19(28(30,31)32)17(13-33)25(35-16)36-21-8-9-39(24-20(29)6-5-7-22(24)38(3)27(21)41)11-10-37(2)26(40)18-14-34-15-23(18)42-4/h5-7,12,18,21,23,34H,8-11,14-15H2,1-4H3,(H,35,36)/t18?,21-,23?/m0/s1. The molecule has 0 saturated carbocycles. The third-order valence-corrected chi connectivity index (χ3v) is 7.70.